The number of fused-ring (bicyclic) bond motifs is 2. The Balaban J connectivity index is 1.44. The van der Waals surface area contributed by atoms with E-state index in [1.165, 1.54) is 11.1 Å². The first-order valence-corrected chi connectivity index (χ1v) is 10.5. The topological polar surface area (TPSA) is 49.6 Å². The van der Waals surface area contributed by atoms with Crippen molar-refractivity contribution < 1.29 is 4.79 Å². The molecule has 0 radical (unpaired) electrons. The number of likely N-dealkylation sites (tertiary alicyclic amines) is 1. The Morgan fingerprint density at radius 3 is 2.50 bits per heavy atom. The number of rotatable bonds is 3. The predicted octanol–water partition coefficient (Wildman–Crippen LogP) is 3.22. The Bertz CT molecular complexity index is 843. The molecule has 0 bridgehead atoms. The van der Waals surface area contributed by atoms with Crippen LogP contribution in [0, 0.1) is 0 Å². The van der Waals surface area contributed by atoms with Crippen LogP contribution < -0.4 is 5.73 Å². The van der Waals surface area contributed by atoms with E-state index in [0.29, 0.717) is 11.4 Å². The van der Waals surface area contributed by atoms with Crippen LogP contribution in [0.3, 0.4) is 0 Å². The van der Waals surface area contributed by atoms with Gasteiger partial charge in [-0.25, -0.2) is 0 Å². The van der Waals surface area contributed by atoms with Crippen LogP contribution in [0.2, 0.25) is 5.02 Å². The smallest absolute Gasteiger partial charge is 0.239 e. The third kappa shape index (κ3) is 3.57. The molecule has 1 unspecified atom stereocenters. The van der Waals surface area contributed by atoms with Gasteiger partial charge in [0.25, 0.3) is 0 Å². The largest absolute Gasteiger partial charge is 0.341 e. The van der Waals surface area contributed by atoms with Crippen molar-refractivity contribution in [3.8, 4) is 0 Å². The lowest BCUT2D eigenvalue weighted by Crippen LogP contribution is -2.57. The lowest BCUT2D eigenvalue weighted by Gasteiger charge is -2.51. The second kappa shape index (κ2) is 7.86. The number of benzene rings is 2. The van der Waals surface area contributed by atoms with Crippen LogP contribution in [0.25, 0.3) is 0 Å². The first-order valence-electron chi connectivity index (χ1n) is 10.1. The summed E-state index contributed by atoms with van der Waals surface area (Å²) in [5.41, 5.74) is 10.3. The van der Waals surface area contributed by atoms with Crippen LogP contribution in [0.1, 0.15) is 29.5 Å². The first-order chi connectivity index (χ1) is 13.5. The maximum atomic E-state index is 12.9. The molecule has 2 aliphatic heterocycles. The van der Waals surface area contributed by atoms with Crippen molar-refractivity contribution in [1.29, 1.82) is 0 Å². The summed E-state index contributed by atoms with van der Waals surface area (Å²) in [5.74, 6) is 0.0524. The fourth-order valence-corrected chi connectivity index (χ4v) is 4.97. The summed E-state index contributed by atoms with van der Waals surface area (Å²) in [5, 5.41) is 0.696. The average Bonchev–Trinajstić information content (AvgIpc) is 2.73. The highest BCUT2D eigenvalue weighted by Gasteiger charge is 2.43. The van der Waals surface area contributed by atoms with Gasteiger partial charge < -0.3 is 10.6 Å². The zero-order valence-electron chi connectivity index (χ0n) is 16.4. The van der Waals surface area contributed by atoms with Crippen molar-refractivity contribution in [2.45, 2.75) is 37.3 Å². The molecular weight excluding hydrogens is 370 g/mol. The SMILES string of the molecule is CN1CCc2ccccc2C12CCN(C(=O)C(N)Cc1ccc(Cl)cc1)CC2. The van der Waals surface area contributed by atoms with E-state index in [0.717, 1.165) is 44.5 Å². The Morgan fingerprint density at radius 2 is 1.79 bits per heavy atom. The second-order valence-corrected chi connectivity index (χ2v) is 8.56. The Kier molecular flexibility index (Phi) is 5.46. The van der Waals surface area contributed by atoms with E-state index < -0.39 is 6.04 Å². The highest BCUT2D eigenvalue weighted by atomic mass is 35.5. The van der Waals surface area contributed by atoms with Gasteiger partial charge in [0.1, 0.15) is 0 Å². The first kappa shape index (κ1) is 19.4. The minimum absolute atomic E-state index is 0.0475. The van der Waals surface area contributed by atoms with Crippen LogP contribution in [0.5, 0.6) is 0 Å². The van der Waals surface area contributed by atoms with E-state index in [-0.39, 0.29) is 11.4 Å². The van der Waals surface area contributed by atoms with E-state index in [9.17, 15) is 4.79 Å². The number of nitrogens with two attached hydrogens (primary N) is 1. The molecule has 1 saturated heterocycles. The quantitative estimate of drug-likeness (QED) is 0.865. The van der Waals surface area contributed by atoms with Crippen LogP contribution >= 0.6 is 11.6 Å². The van der Waals surface area contributed by atoms with Crippen molar-refractivity contribution >= 4 is 17.5 Å². The normalized spacial score (nSPS) is 20.0. The number of halogens is 1. The highest BCUT2D eigenvalue weighted by Crippen LogP contribution is 2.42. The standard InChI is InChI=1S/C23H28ClN3O/c1-26-13-10-18-4-2-3-5-20(18)23(26)11-14-27(15-12-23)22(28)21(25)16-17-6-8-19(24)9-7-17/h2-9,21H,10-16,25H2,1H3. The number of amides is 1. The lowest BCUT2D eigenvalue weighted by molar-refractivity contribution is -0.135. The second-order valence-electron chi connectivity index (χ2n) is 8.12. The Hall–Kier alpha value is -1.88. The van der Waals surface area contributed by atoms with E-state index in [1.807, 2.05) is 29.2 Å². The van der Waals surface area contributed by atoms with E-state index in [4.69, 9.17) is 17.3 Å². The molecule has 1 spiro atoms. The van der Waals surface area contributed by atoms with Gasteiger partial charge in [-0.2, -0.15) is 0 Å². The molecule has 1 amide bonds. The molecule has 148 valence electrons. The number of piperidine rings is 1. The predicted molar refractivity (Wildman–Crippen MR) is 113 cm³/mol. The van der Waals surface area contributed by atoms with Crippen molar-refractivity contribution in [1.82, 2.24) is 9.80 Å². The van der Waals surface area contributed by atoms with Crippen molar-refractivity contribution in [3.63, 3.8) is 0 Å². The summed E-state index contributed by atoms with van der Waals surface area (Å²) in [6.07, 6.45) is 3.56. The number of carbonyl (C=O) groups is 1. The molecule has 2 aliphatic rings. The molecule has 1 atom stereocenters. The number of carbonyl (C=O) groups excluding carboxylic acids is 1. The monoisotopic (exact) mass is 397 g/mol. The van der Waals surface area contributed by atoms with Gasteiger partial charge in [-0.05, 0) is 61.6 Å². The summed E-state index contributed by atoms with van der Waals surface area (Å²) >= 11 is 5.94. The molecule has 0 saturated carbocycles. The van der Waals surface area contributed by atoms with Gasteiger partial charge in [0.05, 0.1) is 6.04 Å². The fourth-order valence-electron chi connectivity index (χ4n) is 4.84. The lowest BCUT2D eigenvalue weighted by atomic mass is 9.74. The summed E-state index contributed by atoms with van der Waals surface area (Å²) in [6.45, 7) is 2.58. The van der Waals surface area contributed by atoms with Gasteiger partial charge in [-0.15, -0.1) is 0 Å². The minimum Gasteiger partial charge on any atom is -0.341 e. The summed E-state index contributed by atoms with van der Waals surface area (Å²) < 4.78 is 0. The highest BCUT2D eigenvalue weighted by molar-refractivity contribution is 6.30. The van der Waals surface area contributed by atoms with E-state index in [1.54, 1.807) is 0 Å². The van der Waals surface area contributed by atoms with Crippen LogP contribution in [-0.4, -0.2) is 48.4 Å². The molecule has 2 heterocycles. The molecule has 4 nitrogen and oxygen atoms in total. The maximum Gasteiger partial charge on any atom is 0.239 e. The molecule has 2 aromatic carbocycles. The van der Waals surface area contributed by atoms with Gasteiger partial charge in [-0.1, -0.05) is 48.0 Å². The van der Waals surface area contributed by atoms with Crippen LogP contribution in [0.4, 0.5) is 0 Å². The minimum atomic E-state index is -0.508. The number of hydrogen-bond donors (Lipinski definition) is 1. The number of nitrogens with zero attached hydrogens (tertiary/aromatic N) is 2. The molecular formula is C23H28ClN3O. The molecule has 1 fully saturated rings. The molecule has 28 heavy (non-hydrogen) atoms. The molecule has 5 heteroatoms. The fraction of sp³-hybridized carbons (Fsp3) is 0.435. The molecule has 4 rings (SSSR count). The van der Waals surface area contributed by atoms with Gasteiger partial charge in [-0.3, -0.25) is 9.69 Å². The summed E-state index contributed by atoms with van der Waals surface area (Å²) in [7, 11) is 2.22. The average molecular weight is 398 g/mol. The number of likely N-dealkylation sites (N-methyl/N-ethyl adjacent to an activating group) is 1. The van der Waals surface area contributed by atoms with E-state index >= 15 is 0 Å². The van der Waals surface area contributed by atoms with Gasteiger partial charge in [0, 0.05) is 30.2 Å². The summed E-state index contributed by atoms with van der Waals surface area (Å²) in [4.78, 5) is 17.4. The molecule has 0 aliphatic carbocycles. The third-order valence-corrected chi connectivity index (χ3v) is 6.81. The van der Waals surface area contributed by atoms with E-state index in [2.05, 4.69) is 36.2 Å². The van der Waals surface area contributed by atoms with Gasteiger partial charge >= 0.3 is 0 Å². The van der Waals surface area contributed by atoms with Crippen molar-refractivity contribution in [3.05, 3.63) is 70.2 Å². The zero-order valence-corrected chi connectivity index (χ0v) is 17.2. The molecule has 2 N–H and O–H groups in total. The molecule has 2 aromatic rings. The zero-order chi connectivity index (χ0) is 19.7. The Labute approximate surface area is 172 Å². The third-order valence-electron chi connectivity index (χ3n) is 6.55. The Morgan fingerprint density at radius 1 is 1.11 bits per heavy atom. The van der Waals surface area contributed by atoms with Crippen LogP contribution in [-0.2, 0) is 23.2 Å². The molecule has 0 aromatic heterocycles. The van der Waals surface area contributed by atoms with Gasteiger partial charge in [0.15, 0.2) is 0 Å². The van der Waals surface area contributed by atoms with Crippen LogP contribution in [0.15, 0.2) is 48.5 Å². The van der Waals surface area contributed by atoms with Crippen molar-refractivity contribution in [2.75, 3.05) is 26.7 Å². The number of hydrogen-bond acceptors (Lipinski definition) is 3. The van der Waals surface area contributed by atoms with Crippen molar-refractivity contribution in [2.24, 2.45) is 5.73 Å². The van der Waals surface area contributed by atoms with Gasteiger partial charge in [0.2, 0.25) is 5.91 Å². The maximum absolute atomic E-state index is 12.9. The summed E-state index contributed by atoms with van der Waals surface area (Å²) in [6, 6.07) is 15.9.